The molecule has 1 saturated heterocycles. The molecule has 0 spiro atoms. The molecule has 1 aliphatic rings. The number of methoxy groups -OCH3 is 2. The molecule has 0 aliphatic carbocycles. The lowest BCUT2D eigenvalue weighted by Gasteiger charge is -2.23. The van der Waals surface area contributed by atoms with Crippen molar-refractivity contribution in [3.63, 3.8) is 0 Å². The van der Waals surface area contributed by atoms with Crippen molar-refractivity contribution in [2.24, 2.45) is 0 Å². The van der Waals surface area contributed by atoms with Gasteiger partial charge in [0.05, 0.1) is 32.3 Å². The smallest absolute Gasteiger partial charge is 0.309 e. The highest BCUT2D eigenvalue weighted by Crippen LogP contribution is 2.31. The normalized spacial score (nSPS) is 17.0. The second-order valence-electron chi connectivity index (χ2n) is 6.73. The highest BCUT2D eigenvalue weighted by atomic mass is 32.2. The summed E-state index contributed by atoms with van der Waals surface area (Å²) in [7, 11) is 2.63. The van der Waals surface area contributed by atoms with Crippen LogP contribution in [0.2, 0.25) is 0 Å². The molecule has 0 unspecified atom stereocenters. The van der Waals surface area contributed by atoms with E-state index >= 15 is 0 Å². The summed E-state index contributed by atoms with van der Waals surface area (Å²) in [4.78, 5) is 25.7. The Hall–Kier alpha value is -2.41. The zero-order valence-electron chi connectivity index (χ0n) is 17.5. The monoisotopic (exact) mass is 444 g/mol. The summed E-state index contributed by atoms with van der Waals surface area (Å²) in [5.41, 5.74) is 0. The summed E-state index contributed by atoms with van der Waals surface area (Å²) in [6, 6.07) is 4.26. The van der Waals surface area contributed by atoms with Gasteiger partial charge in [0.1, 0.15) is 6.23 Å². The summed E-state index contributed by atoms with van der Waals surface area (Å²) in [6.45, 7) is 1.03. The summed E-state index contributed by atoms with van der Waals surface area (Å²) in [6.07, 6.45) is -0.929. The van der Waals surface area contributed by atoms with Gasteiger partial charge in [-0.05, 0) is 26.2 Å². The molecule has 0 saturated carbocycles. The number of nitrogens with one attached hydrogen (secondary N) is 2. The van der Waals surface area contributed by atoms with E-state index < -0.39 is 28.1 Å². The first kappa shape index (κ1) is 23.9. The average molecular weight is 445 g/mol. The molecular formula is C18H28N4O7S. The second kappa shape index (κ2) is 10.6. The predicted molar refractivity (Wildman–Crippen MR) is 108 cm³/mol. The van der Waals surface area contributed by atoms with E-state index in [0.29, 0.717) is 18.8 Å². The van der Waals surface area contributed by atoms with E-state index in [4.69, 9.17) is 14.2 Å². The SMILES string of the molecule is COc1ccc(S(=O)(=O)N2CCO[C@@H]2CNC(=O)C(=O)NCCN(C)C)cc1OC. The maximum atomic E-state index is 13.0. The average Bonchev–Trinajstić information content (AvgIpc) is 3.20. The van der Waals surface area contributed by atoms with Gasteiger partial charge in [-0.1, -0.05) is 0 Å². The lowest BCUT2D eigenvalue weighted by Crippen LogP contribution is -2.48. The topological polar surface area (TPSA) is 127 Å². The third kappa shape index (κ3) is 5.81. The number of rotatable bonds is 9. The highest BCUT2D eigenvalue weighted by Gasteiger charge is 2.37. The molecule has 2 N–H and O–H groups in total. The van der Waals surface area contributed by atoms with Gasteiger partial charge in [0.25, 0.3) is 0 Å². The number of amides is 2. The first-order valence-electron chi connectivity index (χ1n) is 9.27. The number of hydrogen-bond acceptors (Lipinski definition) is 8. The molecular weight excluding hydrogens is 416 g/mol. The zero-order valence-corrected chi connectivity index (χ0v) is 18.3. The van der Waals surface area contributed by atoms with Crippen molar-refractivity contribution in [2.75, 3.05) is 61.1 Å². The third-order valence-electron chi connectivity index (χ3n) is 4.39. The fourth-order valence-corrected chi connectivity index (χ4v) is 4.31. The quantitative estimate of drug-likeness (QED) is 0.457. The van der Waals surface area contributed by atoms with Gasteiger partial charge < -0.3 is 29.7 Å². The van der Waals surface area contributed by atoms with Crippen molar-refractivity contribution >= 4 is 21.8 Å². The van der Waals surface area contributed by atoms with Crippen LogP contribution in [0.15, 0.2) is 23.1 Å². The molecule has 1 atom stereocenters. The van der Waals surface area contributed by atoms with Crippen molar-refractivity contribution in [2.45, 2.75) is 11.1 Å². The van der Waals surface area contributed by atoms with Gasteiger partial charge in [-0.25, -0.2) is 8.42 Å². The number of carbonyl (C=O) groups is 2. The van der Waals surface area contributed by atoms with Crippen LogP contribution in [0.4, 0.5) is 0 Å². The van der Waals surface area contributed by atoms with Crippen LogP contribution in [0.5, 0.6) is 11.5 Å². The van der Waals surface area contributed by atoms with Gasteiger partial charge in [0.2, 0.25) is 10.0 Å². The molecule has 168 valence electrons. The molecule has 2 rings (SSSR count). The van der Waals surface area contributed by atoms with Crippen LogP contribution in [-0.2, 0) is 24.3 Å². The fourth-order valence-electron chi connectivity index (χ4n) is 2.79. The molecule has 11 nitrogen and oxygen atoms in total. The van der Waals surface area contributed by atoms with Gasteiger partial charge in [0.15, 0.2) is 11.5 Å². The molecule has 0 bridgehead atoms. The van der Waals surface area contributed by atoms with Crippen LogP contribution >= 0.6 is 0 Å². The van der Waals surface area contributed by atoms with E-state index in [-0.39, 0.29) is 30.3 Å². The molecule has 12 heteroatoms. The highest BCUT2D eigenvalue weighted by molar-refractivity contribution is 7.89. The second-order valence-corrected chi connectivity index (χ2v) is 8.62. The van der Waals surface area contributed by atoms with E-state index in [2.05, 4.69) is 10.6 Å². The lowest BCUT2D eigenvalue weighted by molar-refractivity contribution is -0.139. The minimum Gasteiger partial charge on any atom is -0.493 e. The fraction of sp³-hybridized carbons (Fsp3) is 0.556. The zero-order chi connectivity index (χ0) is 22.3. The van der Waals surface area contributed by atoms with E-state index in [0.717, 1.165) is 4.31 Å². The van der Waals surface area contributed by atoms with Crippen LogP contribution < -0.4 is 20.1 Å². The molecule has 1 aromatic carbocycles. The molecule has 2 amide bonds. The Labute approximate surface area is 176 Å². The predicted octanol–water partition coefficient (Wildman–Crippen LogP) is -1.16. The summed E-state index contributed by atoms with van der Waals surface area (Å²) < 4.78 is 43.0. The van der Waals surface area contributed by atoms with Crippen LogP contribution in [-0.4, -0.2) is 96.8 Å². The lowest BCUT2D eigenvalue weighted by atomic mass is 10.3. The van der Waals surface area contributed by atoms with Crippen LogP contribution in [0.3, 0.4) is 0 Å². The number of benzene rings is 1. The number of sulfonamides is 1. The van der Waals surface area contributed by atoms with E-state index in [1.54, 1.807) is 0 Å². The molecule has 0 aromatic heterocycles. The summed E-state index contributed by atoms with van der Waals surface area (Å²) >= 11 is 0. The Morgan fingerprint density at radius 1 is 1.17 bits per heavy atom. The van der Waals surface area contributed by atoms with Gasteiger partial charge in [-0.3, -0.25) is 9.59 Å². The van der Waals surface area contributed by atoms with Gasteiger partial charge in [-0.15, -0.1) is 0 Å². The summed E-state index contributed by atoms with van der Waals surface area (Å²) in [5, 5.41) is 4.91. The maximum absolute atomic E-state index is 13.0. The number of ether oxygens (including phenoxy) is 3. The van der Waals surface area contributed by atoms with E-state index in [9.17, 15) is 18.0 Å². The maximum Gasteiger partial charge on any atom is 0.309 e. The largest absolute Gasteiger partial charge is 0.493 e. The first-order chi connectivity index (χ1) is 14.2. The van der Waals surface area contributed by atoms with Crippen LogP contribution in [0.25, 0.3) is 0 Å². The number of likely N-dealkylation sites (N-methyl/N-ethyl adjacent to an activating group) is 1. The van der Waals surface area contributed by atoms with Gasteiger partial charge in [0, 0.05) is 25.7 Å². The first-order valence-corrected chi connectivity index (χ1v) is 10.7. The Morgan fingerprint density at radius 2 is 1.83 bits per heavy atom. The Kier molecular flexibility index (Phi) is 8.41. The number of hydrogen-bond donors (Lipinski definition) is 2. The van der Waals surface area contributed by atoms with E-state index in [1.807, 2.05) is 19.0 Å². The van der Waals surface area contributed by atoms with Gasteiger partial charge >= 0.3 is 11.8 Å². The van der Waals surface area contributed by atoms with Gasteiger partial charge in [-0.2, -0.15) is 4.31 Å². The van der Waals surface area contributed by atoms with Crippen LogP contribution in [0, 0.1) is 0 Å². The summed E-state index contributed by atoms with van der Waals surface area (Å²) in [5.74, 6) is -0.965. The van der Waals surface area contributed by atoms with Crippen molar-refractivity contribution in [3.05, 3.63) is 18.2 Å². The Morgan fingerprint density at radius 3 is 2.47 bits per heavy atom. The van der Waals surface area contributed by atoms with Crippen molar-refractivity contribution in [1.82, 2.24) is 19.8 Å². The minimum atomic E-state index is -3.92. The van der Waals surface area contributed by atoms with Crippen LogP contribution in [0.1, 0.15) is 0 Å². The van der Waals surface area contributed by atoms with Crippen molar-refractivity contribution < 1.29 is 32.2 Å². The molecule has 1 heterocycles. The number of nitrogens with zero attached hydrogens (tertiary/aromatic N) is 2. The Balaban J connectivity index is 2.02. The molecule has 1 aromatic rings. The molecule has 1 aliphatic heterocycles. The molecule has 1 fully saturated rings. The standard InChI is InChI=1S/C18H28N4O7S/c1-21(2)8-7-19-17(23)18(24)20-12-16-22(9-10-29-16)30(25,26)13-5-6-14(27-3)15(11-13)28-4/h5-6,11,16H,7-10,12H2,1-4H3,(H,19,23)(H,20,24)/t16-/m1/s1. The minimum absolute atomic E-state index is 0.00315. The Bertz CT molecular complexity index is 860. The third-order valence-corrected chi connectivity index (χ3v) is 6.28. The van der Waals surface area contributed by atoms with Crippen molar-refractivity contribution in [1.29, 1.82) is 0 Å². The van der Waals surface area contributed by atoms with E-state index in [1.165, 1.54) is 32.4 Å². The number of carbonyl (C=O) groups excluding carboxylic acids is 2. The van der Waals surface area contributed by atoms with Crippen molar-refractivity contribution in [3.8, 4) is 11.5 Å². The molecule has 0 radical (unpaired) electrons. The molecule has 30 heavy (non-hydrogen) atoms.